The quantitative estimate of drug-likeness (QED) is 0.244. The topological polar surface area (TPSA) is 183 Å². The highest BCUT2D eigenvalue weighted by Crippen LogP contribution is 2.32. The molecule has 0 saturated carbocycles. The van der Waals surface area contributed by atoms with E-state index in [-0.39, 0.29) is 61.9 Å². The molecule has 0 spiro atoms. The normalized spacial score (nSPS) is 18.1. The Kier molecular flexibility index (Phi) is 8.67. The van der Waals surface area contributed by atoms with E-state index in [2.05, 4.69) is 5.32 Å². The minimum Gasteiger partial charge on any atom is -0.480 e. The van der Waals surface area contributed by atoms with Crippen molar-refractivity contribution in [2.75, 3.05) is 45.4 Å². The van der Waals surface area contributed by atoms with Gasteiger partial charge in [0.2, 0.25) is 11.8 Å². The number of amides is 4. The maximum absolute atomic E-state index is 13.0. The molecule has 2 N–H and O–H groups in total. The van der Waals surface area contributed by atoms with E-state index in [9.17, 15) is 32.4 Å². The SMILES string of the molecule is O=C(O)COCCOCCOCCS(=O)(=O)c1cccc2c1C(=O)N(C1CCC(=O)NC1=O)C2=O. The number of nitrogens with one attached hydrogen (secondary N) is 1. The van der Waals surface area contributed by atoms with Crippen molar-refractivity contribution < 1.29 is 51.7 Å². The number of fused-ring (bicyclic) bond motifs is 1. The molecule has 1 atom stereocenters. The lowest BCUT2D eigenvalue weighted by Crippen LogP contribution is -2.54. The predicted molar refractivity (Wildman–Crippen MR) is 115 cm³/mol. The van der Waals surface area contributed by atoms with Gasteiger partial charge in [0.15, 0.2) is 9.84 Å². The van der Waals surface area contributed by atoms with Crippen LogP contribution in [-0.2, 0) is 38.4 Å². The molecule has 14 heteroatoms. The van der Waals surface area contributed by atoms with E-state index < -0.39 is 57.8 Å². The second-order valence-electron chi connectivity index (χ2n) is 7.62. The standard InChI is InChI=1S/C21H24N2O11S/c24-16-5-4-14(19(27)22-16)23-20(28)13-2-1-3-15(18(13)21(23)29)35(30,31)11-10-33-7-6-32-8-9-34-12-17(25)26/h1-3,14H,4-12H2,(H,25,26)(H,22,24,27). The molecule has 2 aliphatic rings. The number of nitrogens with zero attached hydrogens (tertiary/aromatic N) is 1. The summed E-state index contributed by atoms with van der Waals surface area (Å²) in [6, 6.07) is 2.67. The second-order valence-corrected chi connectivity index (χ2v) is 9.69. The fourth-order valence-corrected chi connectivity index (χ4v) is 4.97. The first-order valence-electron chi connectivity index (χ1n) is 10.7. The largest absolute Gasteiger partial charge is 0.480 e. The van der Waals surface area contributed by atoms with Gasteiger partial charge in [-0.2, -0.15) is 0 Å². The zero-order valence-corrected chi connectivity index (χ0v) is 19.4. The van der Waals surface area contributed by atoms with Crippen LogP contribution in [0.4, 0.5) is 0 Å². The summed E-state index contributed by atoms with van der Waals surface area (Å²) in [5.74, 6) is -4.55. The fourth-order valence-electron chi connectivity index (χ4n) is 3.62. The van der Waals surface area contributed by atoms with Crippen LogP contribution in [0, 0.1) is 0 Å². The monoisotopic (exact) mass is 512 g/mol. The third kappa shape index (κ3) is 6.28. The summed E-state index contributed by atoms with van der Waals surface area (Å²) in [5, 5.41) is 10.5. The van der Waals surface area contributed by atoms with Crippen molar-refractivity contribution >= 4 is 39.4 Å². The van der Waals surface area contributed by atoms with E-state index in [0.717, 1.165) is 0 Å². The Hall–Kier alpha value is -3.20. The van der Waals surface area contributed by atoms with Gasteiger partial charge in [0.1, 0.15) is 12.6 Å². The molecule has 1 unspecified atom stereocenters. The Morgan fingerprint density at radius 2 is 1.66 bits per heavy atom. The highest BCUT2D eigenvalue weighted by Gasteiger charge is 2.46. The lowest BCUT2D eigenvalue weighted by Gasteiger charge is -2.27. The first-order chi connectivity index (χ1) is 16.6. The molecule has 35 heavy (non-hydrogen) atoms. The third-order valence-electron chi connectivity index (χ3n) is 5.23. The summed E-state index contributed by atoms with van der Waals surface area (Å²) in [4.78, 5) is 60.2. The molecule has 1 fully saturated rings. The van der Waals surface area contributed by atoms with E-state index in [1.807, 2.05) is 0 Å². The predicted octanol–water partition coefficient (Wildman–Crippen LogP) is -1.00. The van der Waals surface area contributed by atoms with Crippen LogP contribution in [0.15, 0.2) is 23.1 Å². The van der Waals surface area contributed by atoms with Gasteiger partial charge in [-0.25, -0.2) is 13.2 Å². The maximum Gasteiger partial charge on any atom is 0.329 e. The second kappa shape index (κ2) is 11.5. The van der Waals surface area contributed by atoms with Gasteiger partial charge in [-0.05, 0) is 18.6 Å². The molecule has 190 valence electrons. The number of benzene rings is 1. The molecule has 2 aliphatic heterocycles. The molecule has 0 aromatic heterocycles. The number of carboxylic acid groups (broad SMARTS) is 1. The number of carboxylic acids is 1. The lowest BCUT2D eigenvalue weighted by atomic mass is 10.0. The Balaban J connectivity index is 1.56. The van der Waals surface area contributed by atoms with Crippen LogP contribution in [0.5, 0.6) is 0 Å². The molecule has 1 aromatic carbocycles. The molecule has 1 aromatic rings. The first-order valence-corrected chi connectivity index (χ1v) is 12.3. The summed E-state index contributed by atoms with van der Waals surface area (Å²) in [7, 11) is -4.03. The van der Waals surface area contributed by atoms with Crippen LogP contribution in [0.2, 0.25) is 0 Å². The molecule has 1 saturated heterocycles. The lowest BCUT2D eigenvalue weighted by molar-refractivity contribution is -0.143. The highest BCUT2D eigenvalue weighted by molar-refractivity contribution is 7.91. The van der Waals surface area contributed by atoms with Crippen molar-refractivity contribution in [2.45, 2.75) is 23.8 Å². The zero-order valence-electron chi connectivity index (χ0n) is 18.6. The molecule has 3 rings (SSSR count). The van der Waals surface area contributed by atoms with Gasteiger partial charge in [-0.1, -0.05) is 6.07 Å². The van der Waals surface area contributed by atoms with Gasteiger partial charge < -0.3 is 19.3 Å². The van der Waals surface area contributed by atoms with E-state index >= 15 is 0 Å². The Labute approximate surface area is 200 Å². The number of rotatable bonds is 13. The minimum atomic E-state index is -4.03. The van der Waals surface area contributed by atoms with Gasteiger partial charge in [-0.3, -0.25) is 29.4 Å². The number of carbonyl (C=O) groups excluding carboxylic acids is 4. The van der Waals surface area contributed by atoms with Crippen LogP contribution >= 0.6 is 0 Å². The maximum atomic E-state index is 13.0. The van der Waals surface area contributed by atoms with E-state index in [4.69, 9.17) is 19.3 Å². The number of carbonyl (C=O) groups is 5. The van der Waals surface area contributed by atoms with E-state index in [1.165, 1.54) is 18.2 Å². The van der Waals surface area contributed by atoms with Crippen LogP contribution in [-0.4, -0.2) is 99.5 Å². The van der Waals surface area contributed by atoms with Gasteiger partial charge in [0, 0.05) is 6.42 Å². The number of piperidine rings is 1. The molecule has 13 nitrogen and oxygen atoms in total. The molecule has 2 heterocycles. The molecule has 0 bridgehead atoms. The average molecular weight is 512 g/mol. The number of imide groups is 2. The number of aliphatic carboxylic acids is 1. The van der Waals surface area contributed by atoms with Crippen molar-refractivity contribution in [1.82, 2.24) is 10.2 Å². The smallest absolute Gasteiger partial charge is 0.329 e. The van der Waals surface area contributed by atoms with Crippen molar-refractivity contribution in [3.05, 3.63) is 29.3 Å². The van der Waals surface area contributed by atoms with Crippen LogP contribution in [0.3, 0.4) is 0 Å². The highest BCUT2D eigenvalue weighted by atomic mass is 32.2. The van der Waals surface area contributed by atoms with Gasteiger partial charge in [0.05, 0.1) is 54.8 Å². The Morgan fingerprint density at radius 1 is 1.00 bits per heavy atom. The van der Waals surface area contributed by atoms with Gasteiger partial charge in [-0.15, -0.1) is 0 Å². The summed E-state index contributed by atoms with van der Waals surface area (Å²) < 4.78 is 41.0. The molecule has 4 amide bonds. The van der Waals surface area contributed by atoms with Crippen molar-refractivity contribution in [1.29, 1.82) is 0 Å². The van der Waals surface area contributed by atoms with Crippen molar-refractivity contribution in [2.24, 2.45) is 0 Å². The van der Waals surface area contributed by atoms with Crippen molar-refractivity contribution in [3.8, 4) is 0 Å². The van der Waals surface area contributed by atoms with Gasteiger partial charge >= 0.3 is 5.97 Å². The summed E-state index contributed by atoms with van der Waals surface area (Å²) in [6.45, 7) is -0.204. The number of ether oxygens (including phenoxy) is 3. The average Bonchev–Trinajstić information content (AvgIpc) is 3.05. The molecular formula is C21H24N2O11S. The Bertz CT molecular complexity index is 1130. The van der Waals surface area contributed by atoms with Crippen LogP contribution in [0.25, 0.3) is 0 Å². The summed E-state index contributed by atoms with van der Waals surface area (Å²) >= 11 is 0. The van der Waals surface area contributed by atoms with Crippen LogP contribution < -0.4 is 5.32 Å². The minimum absolute atomic E-state index is 0.0419. The number of hydrogen-bond donors (Lipinski definition) is 2. The molecule has 0 radical (unpaired) electrons. The summed E-state index contributed by atoms with van der Waals surface area (Å²) in [6.07, 6.45) is -0.0921. The van der Waals surface area contributed by atoms with Crippen molar-refractivity contribution in [3.63, 3.8) is 0 Å². The van der Waals surface area contributed by atoms with Crippen LogP contribution in [0.1, 0.15) is 33.6 Å². The first kappa shape index (κ1) is 26.4. The third-order valence-corrected chi connectivity index (χ3v) is 6.95. The fraction of sp³-hybridized carbons (Fsp3) is 0.476. The van der Waals surface area contributed by atoms with E-state index in [0.29, 0.717) is 4.90 Å². The van der Waals surface area contributed by atoms with Gasteiger partial charge in [0.25, 0.3) is 11.8 Å². The number of hydrogen-bond acceptors (Lipinski definition) is 10. The van der Waals surface area contributed by atoms with E-state index in [1.54, 1.807) is 0 Å². The summed E-state index contributed by atoms with van der Waals surface area (Å²) in [5.41, 5.74) is -0.424. The zero-order chi connectivity index (χ0) is 25.6. The molecular weight excluding hydrogens is 488 g/mol. The number of sulfone groups is 1. The molecule has 0 aliphatic carbocycles. The Morgan fingerprint density at radius 3 is 2.31 bits per heavy atom.